The predicted molar refractivity (Wildman–Crippen MR) is 72.5 cm³/mol. The first kappa shape index (κ1) is 13.0. The first-order chi connectivity index (χ1) is 9.24. The molecule has 4 heteroatoms. The minimum absolute atomic E-state index is 0.0983. The maximum Gasteiger partial charge on any atom is 0.123 e. The molecule has 3 rings (SSSR count). The highest BCUT2D eigenvalue weighted by atomic mass is 19.1. The summed E-state index contributed by atoms with van der Waals surface area (Å²) in [5.41, 5.74) is 1.00. The zero-order valence-electron chi connectivity index (χ0n) is 11.3. The Balaban J connectivity index is 1.75. The van der Waals surface area contributed by atoms with Gasteiger partial charge in [-0.15, -0.1) is 0 Å². The van der Waals surface area contributed by atoms with E-state index in [0.29, 0.717) is 6.04 Å². The van der Waals surface area contributed by atoms with Crippen LogP contribution >= 0.6 is 0 Å². The lowest BCUT2D eigenvalue weighted by molar-refractivity contribution is -0.0615. The first-order valence-electron chi connectivity index (χ1n) is 7.05. The molecule has 1 aromatic rings. The Kier molecular flexibility index (Phi) is 3.82. The summed E-state index contributed by atoms with van der Waals surface area (Å²) >= 11 is 0. The largest absolute Gasteiger partial charge is 0.374 e. The van der Waals surface area contributed by atoms with Crippen LogP contribution in [0.5, 0.6) is 0 Å². The lowest BCUT2D eigenvalue weighted by Gasteiger charge is -2.39. The van der Waals surface area contributed by atoms with Crippen LogP contribution in [0.1, 0.15) is 24.4 Å². The molecule has 1 aliphatic carbocycles. The molecule has 1 saturated carbocycles. The molecule has 19 heavy (non-hydrogen) atoms. The van der Waals surface area contributed by atoms with Gasteiger partial charge in [0.15, 0.2) is 0 Å². The van der Waals surface area contributed by atoms with E-state index >= 15 is 0 Å². The minimum Gasteiger partial charge on any atom is -0.374 e. The van der Waals surface area contributed by atoms with Crippen molar-refractivity contribution in [2.45, 2.75) is 31.0 Å². The molecule has 1 aliphatic heterocycles. The summed E-state index contributed by atoms with van der Waals surface area (Å²) in [5.74, 6) is -0.176. The van der Waals surface area contributed by atoms with E-state index in [9.17, 15) is 4.39 Å². The van der Waals surface area contributed by atoms with Crippen LogP contribution in [0.25, 0.3) is 0 Å². The number of likely N-dealkylation sites (N-methyl/N-ethyl adjacent to an activating group) is 1. The number of halogens is 1. The number of morpholine rings is 1. The van der Waals surface area contributed by atoms with E-state index in [-0.39, 0.29) is 18.0 Å². The van der Waals surface area contributed by atoms with Gasteiger partial charge < -0.3 is 10.1 Å². The molecule has 2 atom stereocenters. The molecule has 2 fully saturated rings. The van der Waals surface area contributed by atoms with Crippen LogP contribution in [0.4, 0.5) is 4.39 Å². The van der Waals surface area contributed by atoms with Crippen molar-refractivity contribution in [2.75, 3.05) is 26.7 Å². The number of nitrogens with zero attached hydrogens (tertiary/aromatic N) is 1. The van der Waals surface area contributed by atoms with Crippen molar-refractivity contribution in [2.24, 2.45) is 0 Å². The lowest BCUT2D eigenvalue weighted by atomic mass is 9.98. The second-order valence-electron chi connectivity index (χ2n) is 5.57. The molecular weight excluding hydrogens is 243 g/mol. The van der Waals surface area contributed by atoms with E-state index in [1.165, 1.54) is 18.9 Å². The second-order valence-corrected chi connectivity index (χ2v) is 5.57. The van der Waals surface area contributed by atoms with Gasteiger partial charge in [-0.25, -0.2) is 4.39 Å². The molecule has 0 bridgehead atoms. The third kappa shape index (κ3) is 3.14. The first-order valence-corrected chi connectivity index (χ1v) is 7.05. The molecule has 0 spiro atoms. The molecule has 1 heterocycles. The van der Waals surface area contributed by atoms with Crippen molar-refractivity contribution >= 4 is 0 Å². The molecular formula is C15H21FN2O. The Morgan fingerprint density at radius 1 is 1.42 bits per heavy atom. The van der Waals surface area contributed by atoms with Gasteiger partial charge in [-0.2, -0.15) is 0 Å². The Labute approximate surface area is 113 Å². The summed E-state index contributed by atoms with van der Waals surface area (Å²) in [6, 6.07) is 7.69. The van der Waals surface area contributed by atoms with E-state index in [1.54, 1.807) is 12.1 Å². The second kappa shape index (κ2) is 5.57. The van der Waals surface area contributed by atoms with Crippen molar-refractivity contribution in [3.05, 3.63) is 35.6 Å². The Bertz CT molecular complexity index is 436. The fraction of sp³-hybridized carbons (Fsp3) is 0.600. The van der Waals surface area contributed by atoms with Crippen LogP contribution in [0.15, 0.2) is 24.3 Å². The Morgan fingerprint density at radius 3 is 3.00 bits per heavy atom. The van der Waals surface area contributed by atoms with Crippen LogP contribution in [0.3, 0.4) is 0 Å². The van der Waals surface area contributed by atoms with Gasteiger partial charge >= 0.3 is 0 Å². The number of rotatable bonds is 4. The van der Waals surface area contributed by atoms with E-state index in [4.69, 9.17) is 4.74 Å². The van der Waals surface area contributed by atoms with Crippen molar-refractivity contribution in [1.82, 2.24) is 10.2 Å². The highest BCUT2D eigenvalue weighted by molar-refractivity contribution is 5.22. The summed E-state index contributed by atoms with van der Waals surface area (Å²) in [7, 11) is 2.09. The molecule has 0 amide bonds. The zero-order chi connectivity index (χ0) is 13.2. The fourth-order valence-corrected chi connectivity index (χ4v) is 2.76. The van der Waals surface area contributed by atoms with Crippen LogP contribution in [0, 0.1) is 5.82 Å². The van der Waals surface area contributed by atoms with Gasteiger partial charge in [0, 0.05) is 19.1 Å². The molecule has 0 aromatic heterocycles. The summed E-state index contributed by atoms with van der Waals surface area (Å²) in [6.07, 6.45) is 2.64. The topological polar surface area (TPSA) is 24.5 Å². The predicted octanol–water partition coefficient (Wildman–Crippen LogP) is 1.95. The normalized spacial score (nSPS) is 28.5. The van der Waals surface area contributed by atoms with Gasteiger partial charge in [-0.3, -0.25) is 4.90 Å². The monoisotopic (exact) mass is 264 g/mol. The number of ether oxygens (including phenoxy) is 1. The third-order valence-corrected chi connectivity index (χ3v) is 3.98. The van der Waals surface area contributed by atoms with Gasteiger partial charge in [0.05, 0.1) is 18.8 Å². The average Bonchev–Trinajstić information content (AvgIpc) is 3.20. The molecule has 1 aromatic carbocycles. The van der Waals surface area contributed by atoms with Gasteiger partial charge in [-0.05, 0) is 37.6 Å². The summed E-state index contributed by atoms with van der Waals surface area (Å²) < 4.78 is 19.3. The molecule has 0 radical (unpaired) electrons. The summed E-state index contributed by atoms with van der Waals surface area (Å²) in [5, 5.41) is 3.52. The smallest absolute Gasteiger partial charge is 0.123 e. The molecule has 1 N–H and O–H groups in total. The third-order valence-electron chi connectivity index (χ3n) is 3.98. The van der Waals surface area contributed by atoms with Crippen LogP contribution < -0.4 is 5.32 Å². The summed E-state index contributed by atoms with van der Waals surface area (Å²) in [6.45, 7) is 2.48. The van der Waals surface area contributed by atoms with Crippen molar-refractivity contribution in [1.29, 1.82) is 0 Å². The van der Waals surface area contributed by atoms with Crippen LogP contribution in [-0.4, -0.2) is 43.8 Å². The molecule has 2 aliphatic rings. The van der Waals surface area contributed by atoms with Crippen molar-refractivity contribution in [3.8, 4) is 0 Å². The molecule has 3 nitrogen and oxygen atoms in total. The Hall–Kier alpha value is -0.970. The van der Waals surface area contributed by atoms with Crippen LogP contribution in [0.2, 0.25) is 0 Å². The molecule has 2 unspecified atom stereocenters. The number of benzene rings is 1. The highest BCUT2D eigenvalue weighted by Crippen LogP contribution is 2.29. The van der Waals surface area contributed by atoms with Crippen molar-refractivity contribution in [3.63, 3.8) is 0 Å². The van der Waals surface area contributed by atoms with Gasteiger partial charge in [0.25, 0.3) is 0 Å². The van der Waals surface area contributed by atoms with Gasteiger partial charge in [0.1, 0.15) is 5.82 Å². The number of nitrogens with one attached hydrogen (secondary N) is 1. The quantitative estimate of drug-likeness (QED) is 0.899. The number of hydrogen-bond acceptors (Lipinski definition) is 3. The minimum atomic E-state index is -0.176. The fourth-order valence-electron chi connectivity index (χ4n) is 2.76. The Morgan fingerprint density at radius 2 is 2.26 bits per heavy atom. The highest BCUT2D eigenvalue weighted by Gasteiger charge is 2.33. The van der Waals surface area contributed by atoms with E-state index < -0.39 is 0 Å². The van der Waals surface area contributed by atoms with Crippen molar-refractivity contribution < 1.29 is 9.13 Å². The zero-order valence-corrected chi connectivity index (χ0v) is 11.3. The maximum atomic E-state index is 13.4. The van der Waals surface area contributed by atoms with Crippen LogP contribution in [-0.2, 0) is 4.74 Å². The van der Waals surface area contributed by atoms with E-state index in [0.717, 1.165) is 25.3 Å². The lowest BCUT2D eigenvalue weighted by Crippen LogP contribution is -2.47. The number of hydrogen-bond donors (Lipinski definition) is 1. The van der Waals surface area contributed by atoms with Gasteiger partial charge in [-0.1, -0.05) is 12.1 Å². The molecule has 1 saturated heterocycles. The van der Waals surface area contributed by atoms with Gasteiger partial charge in [0.2, 0.25) is 0 Å². The summed E-state index contributed by atoms with van der Waals surface area (Å²) in [4.78, 5) is 2.26. The molecule has 104 valence electrons. The maximum absolute atomic E-state index is 13.4. The standard InChI is InChI=1S/C15H21FN2O/c1-18-7-8-19-14(10-17-13-5-6-13)15(18)11-3-2-4-12(16)9-11/h2-4,9,13-15,17H,5-8,10H2,1H3. The average molecular weight is 264 g/mol. The SMILES string of the molecule is CN1CCOC(CNC2CC2)C1c1cccc(F)c1. The van der Waals surface area contributed by atoms with E-state index in [1.807, 2.05) is 6.07 Å². The van der Waals surface area contributed by atoms with E-state index in [2.05, 4.69) is 17.3 Å².